The van der Waals surface area contributed by atoms with Crippen molar-refractivity contribution in [2.24, 2.45) is 0 Å². The second kappa shape index (κ2) is 4.27. The van der Waals surface area contributed by atoms with Crippen LogP contribution < -0.4 is 5.63 Å². The molecule has 2 heterocycles. The summed E-state index contributed by atoms with van der Waals surface area (Å²) in [6.45, 7) is 0. The first-order chi connectivity index (χ1) is 8.74. The third-order valence-electron chi connectivity index (χ3n) is 2.50. The molecule has 0 bridgehead atoms. The van der Waals surface area contributed by atoms with E-state index in [4.69, 9.17) is 4.42 Å². The number of hydrogen-bond donors (Lipinski definition) is 1. The van der Waals surface area contributed by atoms with Gasteiger partial charge in [0, 0.05) is 11.1 Å². The molecule has 1 aromatic carbocycles. The summed E-state index contributed by atoms with van der Waals surface area (Å²) in [6, 6.07) is 10.5. The van der Waals surface area contributed by atoms with Gasteiger partial charge in [-0.25, -0.2) is 9.78 Å². The molecule has 88 valence electrons. The fraction of sp³-hybridized carbons (Fsp3) is 0. The maximum atomic E-state index is 11.9. The molecule has 0 saturated heterocycles. The number of benzene rings is 1. The standard InChI is InChI=1S/C13H8N2O2S/c16-13-9-7-8(18)4-5-10(9)15-12(17-13)11-3-1-2-6-14-11/h1-7,18H. The van der Waals surface area contributed by atoms with Crippen LogP contribution in [0.1, 0.15) is 0 Å². The fourth-order valence-electron chi connectivity index (χ4n) is 1.66. The van der Waals surface area contributed by atoms with E-state index in [1.165, 1.54) is 0 Å². The normalized spacial score (nSPS) is 10.7. The Kier molecular flexibility index (Phi) is 2.60. The average Bonchev–Trinajstić information content (AvgIpc) is 2.40. The molecule has 4 nitrogen and oxygen atoms in total. The molecule has 0 fully saturated rings. The van der Waals surface area contributed by atoms with Crippen LogP contribution in [0.3, 0.4) is 0 Å². The molecule has 0 aliphatic rings. The van der Waals surface area contributed by atoms with Gasteiger partial charge in [0.05, 0.1) is 10.9 Å². The van der Waals surface area contributed by atoms with Crippen molar-refractivity contribution < 1.29 is 4.42 Å². The van der Waals surface area contributed by atoms with Gasteiger partial charge in [0.1, 0.15) is 5.69 Å². The monoisotopic (exact) mass is 256 g/mol. The number of fused-ring (bicyclic) bond motifs is 1. The predicted molar refractivity (Wildman–Crippen MR) is 70.8 cm³/mol. The molecule has 0 radical (unpaired) electrons. The van der Waals surface area contributed by atoms with E-state index in [1.54, 1.807) is 36.5 Å². The van der Waals surface area contributed by atoms with Gasteiger partial charge in [-0.3, -0.25) is 4.98 Å². The van der Waals surface area contributed by atoms with E-state index in [-0.39, 0.29) is 5.89 Å². The Balaban J connectivity index is 2.29. The lowest BCUT2D eigenvalue weighted by Gasteiger charge is -2.01. The van der Waals surface area contributed by atoms with Gasteiger partial charge in [-0.1, -0.05) is 6.07 Å². The van der Waals surface area contributed by atoms with Crippen molar-refractivity contribution in [3.05, 3.63) is 53.0 Å². The number of pyridine rings is 1. The Morgan fingerprint density at radius 2 is 2.06 bits per heavy atom. The van der Waals surface area contributed by atoms with Crippen LogP contribution in [0.4, 0.5) is 0 Å². The Labute approximate surface area is 108 Å². The second-order valence-electron chi connectivity index (χ2n) is 3.72. The van der Waals surface area contributed by atoms with Gasteiger partial charge in [0.25, 0.3) is 0 Å². The maximum absolute atomic E-state index is 11.9. The molecule has 0 aliphatic heterocycles. The van der Waals surface area contributed by atoms with Crippen molar-refractivity contribution in [2.75, 3.05) is 0 Å². The zero-order valence-electron chi connectivity index (χ0n) is 9.20. The third kappa shape index (κ3) is 1.89. The highest BCUT2D eigenvalue weighted by Crippen LogP contribution is 2.18. The average molecular weight is 256 g/mol. The van der Waals surface area contributed by atoms with E-state index in [0.29, 0.717) is 21.5 Å². The number of aromatic nitrogens is 2. The van der Waals surface area contributed by atoms with E-state index >= 15 is 0 Å². The van der Waals surface area contributed by atoms with Gasteiger partial charge in [0.15, 0.2) is 0 Å². The zero-order valence-corrected chi connectivity index (χ0v) is 10.1. The molecule has 0 saturated carbocycles. The van der Waals surface area contributed by atoms with E-state index in [2.05, 4.69) is 22.6 Å². The van der Waals surface area contributed by atoms with E-state index in [9.17, 15) is 4.79 Å². The van der Waals surface area contributed by atoms with Crippen molar-refractivity contribution in [1.29, 1.82) is 0 Å². The highest BCUT2D eigenvalue weighted by atomic mass is 32.1. The first-order valence-corrected chi connectivity index (χ1v) is 5.74. The van der Waals surface area contributed by atoms with Crippen molar-refractivity contribution in [2.45, 2.75) is 4.90 Å². The van der Waals surface area contributed by atoms with Crippen molar-refractivity contribution in [1.82, 2.24) is 9.97 Å². The van der Waals surface area contributed by atoms with Crippen LogP contribution in [0, 0.1) is 0 Å². The second-order valence-corrected chi connectivity index (χ2v) is 4.24. The summed E-state index contributed by atoms with van der Waals surface area (Å²) in [6.07, 6.45) is 1.62. The van der Waals surface area contributed by atoms with Crippen molar-refractivity contribution >= 4 is 23.5 Å². The molecular formula is C13H8N2O2S. The lowest BCUT2D eigenvalue weighted by molar-refractivity contribution is 0.516. The largest absolute Gasteiger partial charge is 0.401 e. The SMILES string of the molecule is O=c1oc(-c2ccccn2)nc2ccc(S)cc12. The lowest BCUT2D eigenvalue weighted by atomic mass is 10.2. The summed E-state index contributed by atoms with van der Waals surface area (Å²) in [5.41, 5.74) is 0.674. The minimum absolute atomic E-state index is 0.222. The summed E-state index contributed by atoms with van der Waals surface area (Å²) < 4.78 is 5.17. The molecule has 0 spiro atoms. The van der Waals surface area contributed by atoms with Crippen LogP contribution in [-0.4, -0.2) is 9.97 Å². The van der Waals surface area contributed by atoms with Crippen LogP contribution >= 0.6 is 12.6 Å². The van der Waals surface area contributed by atoms with Crippen LogP contribution in [0.15, 0.2) is 56.7 Å². The summed E-state index contributed by atoms with van der Waals surface area (Å²) in [5.74, 6) is 0.222. The molecule has 3 aromatic rings. The zero-order chi connectivity index (χ0) is 12.5. The Bertz CT molecular complexity index is 769. The summed E-state index contributed by atoms with van der Waals surface area (Å²) in [5, 5.41) is 0.419. The molecule has 0 aliphatic carbocycles. The molecule has 0 atom stereocenters. The molecule has 3 rings (SSSR count). The highest BCUT2D eigenvalue weighted by Gasteiger charge is 2.09. The molecule has 0 unspecified atom stereocenters. The van der Waals surface area contributed by atoms with E-state index in [1.807, 2.05) is 6.07 Å². The molecule has 18 heavy (non-hydrogen) atoms. The quantitative estimate of drug-likeness (QED) is 0.680. The topological polar surface area (TPSA) is 56.0 Å². The van der Waals surface area contributed by atoms with Crippen LogP contribution in [0.2, 0.25) is 0 Å². The highest BCUT2D eigenvalue weighted by molar-refractivity contribution is 7.80. The van der Waals surface area contributed by atoms with E-state index < -0.39 is 5.63 Å². The van der Waals surface area contributed by atoms with Crippen molar-refractivity contribution in [3.63, 3.8) is 0 Å². The predicted octanol–water partition coefficient (Wildman–Crippen LogP) is 2.54. The molecule has 2 aromatic heterocycles. The smallest absolute Gasteiger partial charge is 0.347 e. The Morgan fingerprint density at radius 1 is 1.17 bits per heavy atom. The van der Waals surface area contributed by atoms with Crippen LogP contribution in [0.5, 0.6) is 0 Å². The van der Waals surface area contributed by atoms with Gasteiger partial charge in [-0.05, 0) is 30.3 Å². The first kappa shape index (κ1) is 11.0. The molecule has 5 heteroatoms. The third-order valence-corrected chi connectivity index (χ3v) is 2.77. The number of thiol groups is 1. The van der Waals surface area contributed by atoms with Gasteiger partial charge in [0.2, 0.25) is 5.89 Å². The van der Waals surface area contributed by atoms with Gasteiger partial charge in [-0.2, -0.15) is 0 Å². The number of hydrogen-bond acceptors (Lipinski definition) is 5. The summed E-state index contributed by atoms with van der Waals surface area (Å²) >= 11 is 4.18. The Hall–Kier alpha value is -2.14. The van der Waals surface area contributed by atoms with Crippen molar-refractivity contribution in [3.8, 4) is 11.6 Å². The number of rotatable bonds is 1. The van der Waals surface area contributed by atoms with Gasteiger partial charge in [-0.15, -0.1) is 12.6 Å². The maximum Gasteiger partial charge on any atom is 0.347 e. The summed E-state index contributed by atoms with van der Waals surface area (Å²) in [4.78, 5) is 20.9. The Morgan fingerprint density at radius 3 is 2.83 bits per heavy atom. The minimum atomic E-state index is -0.434. The van der Waals surface area contributed by atoms with E-state index in [0.717, 1.165) is 0 Å². The summed E-state index contributed by atoms with van der Waals surface area (Å²) in [7, 11) is 0. The van der Waals surface area contributed by atoms with Crippen LogP contribution in [-0.2, 0) is 0 Å². The molecule has 0 amide bonds. The first-order valence-electron chi connectivity index (χ1n) is 5.29. The molecule has 0 N–H and O–H groups in total. The minimum Gasteiger partial charge on any atom is -0.401 e. The fourth-order valence-corrected chi connectivity index (χ4v) is 1.86. The number of nitrogens with zero attached hydrogens (tertiary/aromatic N) is 2. The van der Waals surface area contributed by atoms with Gasteiger partial charge >= 0.3 is 5.63 Å². The van der Waals surface area contributed by atoms with Crippen LogP contribution in [0.25, 0.3) is 22.5 Å². The van der Waals surface area contributed by atoms with Gasteiger partial charge < -0.3 is 4.42 Å². The molecular weight excluding hydrogens is 248 g/mol. The lowest BCUT2D eigenvalue weighted by Crippen LogP contribution is -2.03.